The van der Waals surface area contributed by atoms with Crippen LogP contribution in [0.2, 0.25) is 0 Å². The van der Waals surface area contributed by atoms with E-state index in [-0.39, 0.29) is 24.1 Å². The number of rotatable bonds is 5. The smallest absolute Gasteiger partial charge is 0.261 e. The Morgan fingerprint density at radius 3 is 2.78 bits per heavy atom. The van der Waals surface area contributed by atoms with Gasteiger partial charge in [0.25, 0.3) is 5.56 Å². The summed E-state index contributed by atoms with van der Waals surface area (Å²) in [6, 6.07) is 11.3. The van der Waals surface area contributed by atoms with Gasteiger partial charge in [0.1, 0.15) is 6.54 Å². The van der Waals surface area contributed by atoms with Crippen LogP contribution in [0.5, 0.6) is 11.5 Å². The molecule has 164 valence electrons. The maximum absolute atomic E-state index is 13.0. The molecule has 0 bridgehead atoms. The molecular weight excluding hydrogens is 408 g/mol. The molecule has 0 aliphatic heterocycles. The van der Waals surface area contributed by atoms with Gasteiger partial charge in [-0.2, -0.15) is 0 Å². The van der Waals surface area contributed by atoms with Crippen LogP contribution in [-0.4, -0.2) is 34.7 Å². The van der Waals surface area contributed by atoms with Crippen LogP contribution in [0.15, 0.2) is 47.5 Å². The Hall–Kier alpha value is -3.81. The first-order valence-corrected chi connectivity index (χ1v) is 10.6. The summed E-state index contributed by atoms with van der Waals surface area (Å²) in [7, 11) is 3.04. The van der Waals surface area contributed by atoms with Crippen LogP contribution in [-0.2, 0) is 17.8 Å². The zero-order chi connectivity index (χ0) is 22.2. The van der Waals surface area contributed by atoms with Crippen LogP contribution < -0.4 is 20.3 Å². The quantitative estimate of drug-likeness (QED) is 0.505. The lowest BCUT2D eigenvalue weighted by Crippen LogP contribution is -2.36. The summed E-state index contributed by atoms with van der Waals surface area (Å²) in [4.78, 5) is 33.6. The second-order valence-corrected chi connectivity index (χ2v) is 7.98. The highest BCUT2D eigenvalue weighted by atomic mass is 16.5. The van der Waals surface area contributed by atoms with Gasteiger partial charge in [0.2, 0.25) is 5.91 Å². The van der Waals surface area contributed by atoms with Crippen molar-refractivity contribution in [2.24, 2.45) is 0 Å². The highest BCUT2D eigenvalue weighted by Crippen LogP contribution is 2.34. The van der Waals surface area contributed by atoms with Crippen molar-refractivity contribution in [3.05, 3.63) is 64.3 Å². The van der Waals surface area contributed by atoms with Gasteiger partial charge in [0.15, 0.2) is 11.5 Å². The van der Waals surface area contributed by atoms with Gasteiger partial charge in [-0.15, -0.1) is 0 Å². The minimum atomic E-state index is -0.305. The fraction of sp³-hybridized carbons (Fsp3) is 0.292. The van der Waals surface area contributed by atoms with E-state index in [0.717, 1.165) is 30.5 Å². The molecule has 0 saturated heterocycles. The molecule has 1 aliphatic carbocycles. The topological polar surface area (TPSA) is 98.2 Å². The predicted octanol–water partition coefficient (Wildman–Crippen LogP) is 3.09. The lowest BCUT2D eigenvalue weighted by Gasteiger charge is -2.24. The average Bonchev–Trinajstić information content (AvgIpc) is 3.20. The summed E-state index contributed by atoms with van der Waals surface area (Å²) in [5.74, 6) is 0.703. The molecular formula is C24H24N4O4. The zero-order valence-electron chi connectivity index (χ0n) is 18.0. The van der Waals surface area contributed by atoms with Crippen LogP contribution in [0.25, 0.3) is 21.8 Å². The molecule has 1 aliphatic rings. The number of aromatic nitrogens is 3. The molecule has 1 atom stereocenters. The van der Waals surface area contributed by atoms with Gasteiger partial charge in [0.05, 0.1) is 37.5 Å². The van der Waals surface area contributed by atoms with E-state index in [2.05, 4.69) is 27.4 Å². The van der Waals surface area contributed by atoms with Crippen molar-refractivity contribution in [2.75, 3.05) is 14.2 Å². The van der Waals surface area contributed by atoms with Crippen molar-refractivity contribution < 1.29 is 14.3 Å². The Labute approximate surface area is 184 Å². The number of aryl methyl sites for hydroxylation is 1. The molecule has 8 nitrogen and oxygen atoms in total. The number of benzene rings is 2. The molecule has 32 heavy (non-hydrogen) atoms. The second kappa shape index (κ2) is 8.03. The second-order valence-electron chi connectivity index (χ2n) is 7.98. The number of hydrogen-bond acceptors (Lipinski definition) is 5. The Kier molecular flexibility index (Phi) is 5.05. The monoisotopic (exact) mass is 432 g/mol. The molecule has 0 unspecified atom stereocenters. The van der Waals surface area contributed by atoms with Gasteiger partial charge < -0.3 is 19.8 Å². The highest BCUT2D eigenvalue weighted by molar-refractivity contribution is 5.86. The van der Waals surface area contributed by atoms with Crippen molar-refractivity contribution >= 4 is 27.7 Å². The number of nitrogens with one attached hydrogen (secondary N) is 2. The SMILES string of the molecule is COc1cc2ncn(CC(=O)N[C@@H]3CCCc4c3[nH]c3ccccc43)c(=O)c2cc1OC. The first-order valence-electron chi connectivity index (χ1n) is 10.6. The number of nitrogens with zero attached hydrogens (tertiary/aromatic N) is 2. The maximum Gasteiger partial charge on any atom is 0.261 e. The number of fused-ring (bicyclic) bond motifs is 4. The van der Waals surface area contributed by atoms with Gasteiger partial charge in [0, 0.05) is 22.7 Å². The lowest BCUT2D eigenvalue weighted by molar-refractivity contribution is -0.122. The zero-order valence-corrected chi connectivity index (χ0v) is 18.0. The van der Waals surface area contributed by atoms with Crippen molar-refractivity contribution in [1.82, 2.24) is 19.9 Å². The third-order valence-corrected chi connectivity index (χ3v) is 6.09. The maximum atomic E-state index is 13.0. The van der Waals surface area contributed by atoms with E-state index in [1.54, 1.807) is 12.1 Å². The summed E-state index contributed by atoms with van der Waals surface area (Å²) < 4.78 is 11.9. The molecule has 2 N–H and O–H groups in total. The van der Waals surface area contributed by atoms with Crippen LogP contribution in [0.3, 0.4) is 0 Å². The van der Waals surface area contributed by atoms with Gasteiger partial charge in [-0.3, -0.25) is 14.2 Å². The minimum absolute atomic E-state index is 0.105. The number of methoxy groups -OCH3 is 2. The minimum Gasteiger partial charge on any atom is -0.493 e. The number of aromatic amines is 1. The van der Waals surface area contributed by atoms with Crippen molar-refractivity contribution in [2.45, 2.75) is 31.8 Å². The average molecular weight is 432 g/mol. The molecule has 0 fully saturated rings. The van der Waals surface area contributed by atoms with E-state index in [4.69, 9.17) is 9.47 Å². The van der Waals surface area contributed by atoms with Crippen molar-refractivity contribution in [1.29, 1.82) is 0 Å². The normalized spacial score (nSPS) is 15.5. The summed E-state index contributed by atoms with van der Waals surface area (Å²) in [6.45, 7) is -0.109. The van der Waals surface area contributed by atoms with E-state index in [1.807, 2.05) is 12.1 Å². The Bertz CT molecular complexity index is 1390. The molecule has 8 heteroatoms. The Morgan fingerprint density at radius 1 is 1.19 bits per heavy atom. The molecule has 2 heterocycles. The van der Waals surface area contributed by atoms with Crippen molar-refractivity contribution in [3.63, 3.8) is 0 Å². The molecule has 4 aromatic rings. The van der Waals surface area contributed by atoms with Crippen LogP contribution in [0, 0.1) is 0 Å². The number of ether oxygens (including phenoxy) is 2. The highest BCUT2D eigenvalue weighted by Gasteiger charge is 2.25. The van der Waals surface area contributed by atoms with Crippen LogP contribution in [0.1, 0.15) is 30.1 Å². The number of H-pyrrole nitrogens is 1. The van der Waals surface area contributed by atoms with Gasteiger partial charge in [-0.1, -0.05) is 18.2 Å². The van der Waals surface area contributed by atoms with E-state index in [9.17, 15) is 9.59 Å². The van der Waals surface area contributed by atoms with Crippen LogP contribution >= 0.6 is 0 Å². The number of carbonyl (C=O) groups excluding carboxylic acids is 1. The van der Waals surface area contributed by atoms with E-state index >= 15 is 0 Å². The van der Waals surface area contributed by atoms with E-state index in [0.29, 0.717) is 22.4 Å². The van der Waals surface area contributed by atoms with E-state index in [1.165, 1.54) is 36.1 Å². The summed E-state index contributed by atoms with van der Waals surface area (Å²) in [6.07, 6.45) is 4.24. The molecule has 0 saturated carbocycles. The van der Waals surface area contributed by atoms with E-state index < -0.39 is 0 Å². The largest absolute Gasteiger partial charge is 0.493 e. The molecule has 2 aromatic heterocycles. The molecule has 5 rings (SSSR count). The standard InChI is InChI=1S/C24H24N4O4/c1-31-20-10-16-19(11-21(20)32-2)25-13-28(24(16)30)12-22(29)26-18-9-5-7-15-14-6-3-4-8-17(14)27-23(15)18/h3-4,6,8,10-11,13,18,27H,5,7,9,12H2,1-2H3,(H,26,29)/t18-/m1/s1. The number of hydrogen-bond donors (Lipinski definition) is 2. The number of para-hydroxylation sites is 1. The molecule has 0 radical (unpaired) electrons. The molecule has 0 spiro atoms. The lowest BCUT2D eigenvalue weighted by atomic mass is 9.91. The third kappa shape index (κ3) is 3.37. The molecule has 2 aromatic carbocycles. The summed E-state index contributed by atoms with van der Waals surface area (Å²) in [5, 5.41) is 4.68. The predicted molar refractivity (Wildman–Crippen MR) is 121 cm³/mol. The Balaban J connectivity index is 1.40. The first kappa shape index (κ1) is 20.1. The fourth-order valence-corrected chi connectivity index (χ4v) is 4.55. The molecule has 1 amide bonds. The van der Waals surface area contributed by atoms with Crippen molar-refractivity contribution in [3.8, 4) is 11.5 Å². The fourth-order valence-electron chi connectivity index (χ4n) is 4.55. The van der Waals surface area contributed by atoms with Gasteiger partial charge in [-0.25, -0.2) is 4.98 Å². The van der Waals surface area contributed by atoms with Gasteiger partial charge in [-0.05, 0) is 37.0 Å². The number of amides is 1. The summed E-state index contributed by atoms with van der Waals surface area (Å²) >= 11 is 0. The van der Waals surface area contributed by atoms with Gasteiger partial charge >= 0.3 is 0 Å². The third-order valence-electron chi connectivity index (χ3n) is 6.09. The van der Waals surface area contributed by atoms with Crippen LogP contribution in [0.4, 0.5) is 0 Å². The first-order chi connectivity index (χ1) is 15.6. The Morgan fingerprint density at radius 2 is 1.97 bits per heavy atom. The summed E-state index contributed by atoms with van der Waals surface area (Å²) in [5.41, 5.74) is 3.59. The number of carbonyl (C=O) groups is 1.